The lowest BCUT2D eigenvalue weighted by molar-refractivity contribution is -0.149. The Morgan fingerprint density at radius 3 is 2.78 bits per heavy atom. The summed E-state index contributed by atoms with van der Waals surface area (Å²) in [6, 6.07) is -0.310. The van der Waals surface area contributed by atoms with Crippen LogP contribution in [0.5, 0.6) is 0 Å². The number of likely N-dealkylation sites (tertiary alicyclic amines) is 1. The second-order valence-corrected chi connectivity index (χ2v) is 5.47. The maximum absolute atomic E-state index is 12.5. The number of amides is 1. The van der Waals surface area contributed by atoms with Crippen LogP contribution in [0.25, 0.3) is 0 Å². The zero-order chi connectivity index (χ0) is 13.3. The summed E-state index contributed by atoms with van der Waals surface area (Å²) < 4.78 is 5.27. The normalized spacial score (nSPS) is 36.7. The molecule has 2 heterocycles. The van der Waals surface area contributed by atoms with Gasteiger partial charge in [-0.15, -0.1) is 0 Å². The van der Waals surface area contributed by atoms with E-state index < -0.39 is 17.3 Å². The fourth-order valence-electron chi connectivity index (χ4n) is 2.63. The molecule has 0 radical (unpaired) electrons. The Morgan fingerprint density at radius 1 is 1.50 bits per heavy atom. The van der Waals surface area contributed by atoms with Crippen LogP contribution in [0.1, 0.15) is 19.8 Å². The van der Waals surface area contributed by atoms with Gasteiger partial charge in [0.25, 0.3) is 0 Å². The molecule has 3 N–H and O–H groups in total. The number of aliphatic carboxylic acids is 1. The SMILES string of the molecule is CC1(C(=O)N2CCC[C@@H](C(=O)O)C2)COCC1N. The molecule has 2 aliphatic rings. The zero-order valence-corrected chi connectivity index (χ0v) is 10.6. The molecule has 0 bridgehead atoms. The quantitative estimate of drug-likeness (QED) is 0.706. The van der Waals surface area contributed by atoms with E-state index in [-0.39, 0.29) is 18.5 Å². The van der Waals surface area contributed by atoms with Crippen molar-refractivity contribution in [3.63, 3.8) is 0 Å². The molecule has 2 unspecified atom stereocenters. The lowest BCUT2D eigenvalue weighted by Crippen LogP contribution is -2.54. The molecule has 0 saturated carbocycles. The molecule has 2 rings (SSSR count). The summed E-state index contributed by atoms with van der Waals surface area (Å²) >= 11 is 0. The third kappa shape index (κ3) is 2.22. The standard InChI is InChI=1S/C12H20N2O4/c1-12(7-18-6-9(12)13)11(17)14-4-2-3-8(5-14)10(15)16/h8-9H,2-7,13H2,1H3,(H,15,16)/t8-,9?,12?/m1/s1. The first kappa shape index (κ1) is 13.3. The van der Waals surface area contributed by atoms with Gasteiger partial charge in [0.15, 0.2) is 0 Å². The van der Waals surface area contributed by atoms with Crippen LogP contribution in [-0.2, 0) is 14.3 Å². The number of piperidine rings is 1. The molecule has 0 aromatic heterocycles. The lowest BCUT2D eigenvalue weighted by Gasteiger charge is -2.37. The van der Waals surface area contributed by atoms with Gasteiger partial charge in [-0.3, -0.25) is 9.59 Å². The van der Waals surface area contributed by atoms with E-state index in [4.69, 9.17) is 15.6 Å². The number of carbonyl (C=O) groups is 2. The minimum absolute atomic E-state index is 0.0709. The first-order chi connectivity index (χ1) is 8.45. The number of carbonyl (C=O) groups excluding carboxylic acids is 1. The van der Waals surface area contributed by atoms with Gasteiger partial charge in [-0.05, 0) is 19.8 Å². The van der Waals surface area contributed by atoms with Crippen molar-refractivity contribution in [1.82, 2.24) is 4.90 Å². The Bertz CT molecular complexity index is 360. The summed E-state index contributed by atoms with van der Waals surface area (Å²) in [6.45, 7) is 3.42. The highest BCUT2D eigenvalue weighted by molar-refractivity contribution is 5.84. The van der Waals surface area contributed by atoms with Crippen LogP contribution in [0.3, 0.4) is 0 Å². The molecule has 6 heteroatoms. The molecule has 2 saturated heterocycles. The summed E-state index contributed by atoms with van der Waals surface area (Å²) in [5.41, 5.74) is 5.22. The van der Waals surface area contributed by atoms with Crippen LogP contribution in [0.4, 0.5) is 0 Å². The smallest absolute Gasteiger partial charge is 0.308 e. The van der Waals surface area contributed by atoms with E-state index in [2.05, 4.69) is 0 Å². The van der Waals surface area contributed by atoms with Gasteiger partial charge in [0.05, 0.1) is 24.5 Å². The van der Waals surface area contributed by atoms with Gasteiger partial charge in [-0.1, -0.05) is 0 Å². The summed E-state index contributed by atoms with van der Waals surface area (Å²) in [7, 11) is 0. The largest absolute Gasteiger partial charge is 0.481 e. The molecule has 18 heavy (non-hydrogen) atoms. The van der Waals surface area contributed by atoms with Crippen LogP contribution in [0, 0.1) is 11.3 Å². The van der Waals surface area contributed by atoms with Crippen LogP contribution >= 0.6 is 0 Å². The summed E-state index contributed by atoms with van der Waals surface area (Å²) in [6.07, 6.45) is 1.37. The van der Waals surface area contributed by atoms with E-state index >= 15 is 0 Å². The average molecular weight is 256 g/mol. The van der Waals surface area contributed by atoms with Crippen molar-refractivity contribution in [2.24, 2.45) is 17.1 Å². The topological polar surface area (TPSA) is 92.9 Å². The Hall–Kier alpha value is -1.14. The molecular weight excluding hydrogens is 236 g/mol. The monoisotopic (exact) mass is 256 g/mol. The number of carboxylic acids is 1. The van der Waals surface area contributed by atoms with E-state index in [1.54, 1.807) is 11.8 Å². The van der Waals surface area contributed by atoms with Gasteiger partial charge in [0.2, 0.25) is 5.91 Å². The molecule has 2 fully saturated rings. The van der Waals surface area contributed by atoms with Gasteiger partial charge >= 0.3 is 5.97 Å². The Labute approximate surface area is 106 Å². The number of rotatable bonds is 2. The third-order valence-electron chi connectivity index (χ3n) is 4.06. The van der Waals surface area contributed by atoms with Crippen LogP contribution in [0.2, 0.25) is 0 Å². The number of carboxylic acid groups (broad SMARTS) is 1. The maximum atomic E-state index is 12.5. The number of nitrogens with zero attached hydrogens (tertiary/aromatic N) is 1. The average Bonchev–Trinajstić information content (AvgIpc) is 2.70. The molecule has 3 atom stereocenters. The van der Waals surface area contributed by atoms with Crippen molar-refractivity contribution in [3.8, 4) is 0 Å². The first-order valence-electron chi connectivity index (χ1n) is 6.30. The molecule has 102 valence electrons. The molecule has 0 aliphatic carbocycles. The molecular formula is C12H20N2O4. The summed E-state index contributed by atoms with van der Waals surface area (Å²) in [5, 5.41) is 9.03. The van der Waals surface area contributed by atoms with E-state index in [1.165, 1.54) is 0 Å². The Morgan fingerprint density at radius 2 is 2.22 bits per heavy atom. The number of nitrogens with two attached hydrogens (primary N) is 1. The van der Waals surface area contributed by atoms with Gasteiger partial charge in [0.1, 0.15) is 0 Å². The summed E-state index contributed by atoms with van der Waals surface area (Å²) in [4.78, 5) is 25.1. The molecule has 2 aliphatic heterocycles. The predicted octanol–water partition coefficient (Wildman–Crippen LogP) is -0.327. The van der Waals surface area contributed by atoms with E-state index in [9.17, 15) is 9.59 Å². The molecule has 0 aromatic rings. The predicted molar refractivity (Wildman–Crippen MR) is 63.8 cm³/mol. The molecule has 6 nitrogen and oxygen atoms in total. The van der Waals surface area contributed by atoms with Crippen molar-refractivity contribution in [3.05, 3.63) is 0 Å². The highest BCUT2D eigenvalue weighted by Gasteiger charge is 2.47. The van der Waals surface area contributed by atoms with E-state index in [0.29, 0.717) is 26.2 Å². The Balaban J connectivity index is 2.07. The van der Waals surface area contributed by atoms with Crippen molar-refractivity contribution < 1.29 is 19.4 Å². The second-order valence-electron chi connectivity index (χ2n) is 5.47. The van der Waals surface area contributed by atoms with Crippen molar-refractivity contribution in [2.75, 3.05) is 26.3 Å². The second kappa shape index (κ2) is 4.85. The maximum Gasteiger partial charge on any atom is 0.308 e. The fraction of sp³-hybridized carbons (Fsp3) is 0.833. The van der Waals surface area contributed by atoms with Crippen LogP contribution in [0.15, 0.2) is 0 Å². The van der Waals surface area contributed by atoms with Crippen molar-refractivity contribution in [1.29, 1.82) is 0 Å². The number of ether oxygens (including phenoxy) is 1. The van der Waals surface area contributed by atoms with Gasteiger partial charge in [-0.25, -0.2) is 0 Å². The van der Waals surface area contributed by atoms with E-state index in [0.717, 1.165) is 6.42 Å². The summed E-state index contributed by atoms with van der Waals surface area (Å²) in [5.74, 6) is -1.35. The van der Waals surface area contributed by atoms with Crippen molar-refractivity contribution in [2.45, 2.75) is 25.8 Å². The highest BCUT2D eigenvalue weighted by Crippen LogP contribution is 2.31. The van der Waals surface area contributed by atoms with Gasteiger partial charge in [0, 0.05) is 19.1 Å². The van der Waals surface area contributed by atoms with Gasteiger partial charge < -0.3 is 20.5 Å². The molecule has 1 amide bonds. The minimum Gasteiger partial charge on any atom is -0.481 e. The number of hydrogen-bond donors (Lipinski definition) is 2. The molecule has 0 aromatic carbocycles. The highest BCUT2D eigenvalue weighted by atomic mass is 16.5. The molecule has 0 spiro atoms. The van der Waals surface area contributed by atoms with Gasteiger partial charge in [-0.2, -0.15) is 0 Å². The fourth-order valence-corrected chi connectivity index (χ4v) is 2.63. The van der Waals surface area contributed by atoms with Crippen LogP contribution in [-0.4, -0.2) is 54.2 Å². The van der Waals surface area contributed by atoms with Crippen LogP contribution < -0.4 is 5.73 Å². The first-order valence-corrected chi connectivity index (χ1v) is 6.30. The minimum atomic E-state index is -0.829. The number of hydrogen-bond acceptors (Lipinski definition) is 4. The third-order valence-corrected chi connectivity index (χ3v) is 4.06. The van der Waals surface area contributed by atoms with E-state index in [1.807, 2.05) is 0 Å². The lowest BCUT2D eigenvalue weighted by atomic mass is 9.83. The zero-order valence-electron chi connectivity index (χ0n) is 10.6. The van der Waals surface area contributed by atoms with Crippen molar-refractivity contribution >= 4 is 11.9 Å². The Kier molecular flexibility index (Phi) is 3.59.